The molecule has 1 fully saturated rings. The van der Waals surface area contributed by atoms with Crippen molar-refractivity contribution in [1.82, 2.24) is 5.32 Å². The van der Waals surface area contributed by atoms with Crippen molar-refractivity contribution in [3.05, 3.63) is 35.4 Å². The van der Waals surface area contributed by atoms with Crippen molar-refractivity contribution >= 4 is 5.97 Å². The van der Waals surface area contributed by atoms with Crippen LogP contribution in [0.2, 0.25) is 0 Å². The molecule has 1 aromatic rings. The smallest absolute Gasteiger partial charge is 0.325 e. The van der Waals surface area contributed by atoms with Crippen molar-refractivity contribution in [2.24, 2.45) is 0 Å². The number of carboxylic acids is 1. The third kappa shape index (κ3) is 2.61. The second-order valence-electron chi connectivity index (χ2n) is 4.31. The third-order valence-corrected chi connectivity index (χ3v) is 2.95. The minimum Gasteiger partial charge on any atom is -0.480 e. The number of nitrogens with one attached hydrogen (secondary N) is 1. The van der Waals surface area contributed by atoms with Gasteiger partial charge in [0.1, 0.15) is 6.04 Å². The maximum Gasteiger partial charge on any atom is 0.325 e. The summed E-state index contributed by atoms with van der Waals surface area (Å²) in [5.41, 5.74) is 2.08. The average molecular weight is 219 g/mol. The van der Waals surface area contributed by atoms with E-state index in [9.17, 15) is 4.79 Å². The molecule has 0 radical (unpaired) electrons. The maximum atomic E-state index is 11.2. The quantitative estimate of drug-likeness (QED) is 0.797. The minimum atomic E-state index is -0.795. The first kappa shape index (κ1) is 11.1. The predicted octanol–water partition coefficient (Wildman–Crippen LogP) is 2.13. The summed E-state index contributed by atoms with van der Waals surface area (Å²) in [5, 5.41) is 12.3. The average Bonchev–Trinajstić information content (AvgIpc) is 3.09. The molecule has 0 aromatic heterocycles. The first-order valence-corrected chi connectivity index (χ1v) is 5.78. The largest absolute Gasteiger partial charge is 0.480 e. The van der Waals surface area contributed by atoms with Crippen molar-refractivity contribution in [1.29, 1.82) is 0 Å². The van der Waals surface area contributed by atoms with E-state index >= 15 is 0 Å². The number of benzene rings is 1. The summed E-state index contributed by atoms with van der Waals surface area (Å²) in [5.74, 6) is -0.795. The lowest BCUT2D eigenvalue weighted by Gasteiger charge is -2.14. The van der Waals surface area contributed by atoms with E-state index in [2.05, 4.69) is 12.2 Å². The van der Waals surface area contributed by atoms with Crippen LogP contribution in [0.4, 0.5) is 0 Å². The molecule has 1 unspecified atom stereocenters. The van der Waals surface area contributed by atoms with E-state index in [-0.39, 0.29) is 0 Å². The van der Waals surface area contributed by atoms with Crippen LogP contribution in [0.5, 0.6) is 0 Å². The molecule has 0 amide bonds. The lowest BCUT2D eigenvalue weighted by atomic mass is 10.0. The minimum absolute atomic E-state index is 0.395. The molecule has 0 aliphatic heterocycles. The summed E-state index contributed by atoms with van der Waals surface area (Å²) in [6.07, 6.45) is 3.17. The van der Waals surface area contributed by atoms with Gasteiger partial charge in [0.15, 0.2) is 0 Å². The number of hydrogen-bond acceptors (Lipinski definition) is 2. The van der Waals surface area contributed by atoms with Gasteiger partial charge in [-0.05, 0) is 30.4 Å². The molecule has 2 N–H and O–H groups in total. The molecule has 2 rings (SSSR count). The molecule has 1 aliphatic rings. The van der Waals surface area contributed by atoms with Crippen LogP contribution < -0.4 is 5.32 Å². The summed E-state index contributed by atoms with van der Waals surface area (Å²) in [6, 6.07) is 7.66. The first-order chi connectivity index (χ1) is 7.70. The normalized spacial score (nSPS) is 17.1. The van der Waals surface area contributed by atoms with Gasteiger partial charge in [0.05, 0.1) is 0 Å². The first-order valence-electron chi connectivity index (χ1n) is 5.78. The third-order valence-electron chi connectivity index (χ3n) is 2.95. The zero-order valence-electron chi connectivity index (χ0n) is 9.44. The number of hydrogen-bond donors (Lipinski definition) is 2. The van der Waals surface area contributed by atoms with E-state index in [4.69, 9.17) is 5.11 Å². The Balaban J connectivity index is 2.13. The lowest BCUT2D eigenvalue weighted by molar-refractivity contribution is -0.139. The fourth-order valence-corrected chi connectivity index (χ4v) is 1.74. The maximum absolute atomic E-state index is 11.2. The molecule has 1 saturated carbocycles. The Morgan fingerprint density at radius 1 is 1.44 bits per heavy atom. The lowest BCUT2D eigenvalue weighted by Crippen LogP contribution is -2.30. The van der Waals surface area contributed by atoms with Crippen molar-refractivity contribution in [2.45, 2.75) is 38.3 Å². The molecule has 1 aromatic carbocycles. The van der Waals surface area contributed by atoms with Crippen molar-refractivity contribution in [3.8, 4) is 0 Å². The van der Waals surface area contributed by atoms with E-state index < -0.39 is 12.0 Å². The molecule has 0 heterocycles. The zero-order chi connectivity index (χ0) is 11.5. The SMILES string of the molecule is CCc1ccc(C(NC2CC2)C(=O)O)cc1. The molecule has 3 nitrogen and oxygen atoms in total. The summed E-state index contributed by atoms with van der Waals surface area (Å²) < 4.78 is 0. The highest BCUT2D eigenvalue weighted by Gasteiger charge is 2.29. The van der Waals surface area contributed by atoms with Crippen LogP contribution >= 0.6 is 0 Å². The Bertz CT molecular complexity index is 368. The van der Waals surface area contributed by atoms with Gasteiger partial charge in [-0.25, -0.2) is 0 Å². The van der Waals surface area contributed by atoms with E-state index in [1.54, 1.807) is 0 Å². The highest BCUT2D eigenvalue weighted by molar-refractivity contribution is 5.75. The summed E-state index contributed by atoms with van der Waals surface area (Å²) >= 11 is 0. The molecule has 0 saturated heterocycles. The highest BCUT2D eigenvalue weighted by atomic mass is 16.4. The number of aryl methyl sites for hydroxylation is 1. The number of rotatable bonds is 5. The Morgan fingerprint density at radius 3 is 2.50 bits per heavy atom. The van der Waals surface area contributed by atoms with Crippen molar-refractivity contribution in [3.63, 3.8) is 0 Å². The van der Waals surface area contributed by atoms with E-state index in [0.29, 0.717) is 6.04 Å². The number of aliphatic carboxylic acids is 1. The molecule has 3 heteroatoms. The Labute approximate surface area is 95.5 Å². The van der Waals surface area contributed by atoms with Crippen LogP contribution in [0, 0.1) is 0 Å². The molecule has 86 valence electrons. The topological polar surface area (TPSA) is 49.3 Å². The standard InChI is InChI=1S/C13H17NO2/c1-2-9-3-5-10(6-4-9)12(13(15)16)14-11-7-8-11/h3-6,11-12,14H,2,7-8H2,1H3,(H,15,16). The van der Waals surface area contributed by atoms with Gasteiger partial charge in [-0.3, -0.25) is 10.1 Å². The number of carbonyl (C=O) groups is 1. The molecule has 1 atom stereocenters. The van der Waals surface area contributed by atoms with Gasteiger partial charge >= 0.3 is 5.97 Å². The molecule has 0 spiro atoms. The van der Waals surface area contributed by atoms with Crippen LogP contribution in [0.25, 0.3) is 0 Å². The van der Waals surface area contributed by atoms with E-state index in [1.165, 1.54) is 5.56 Å². The van der Waals surface area contributed by atoms with Gasteiger partial charge in [-0.1, -0.05) is 31.2 Å². The van der Waals surface area contributed by atoms with Crippen LogP contribution in [-0.4, -0.2) is 17.1 Å². The Kier molecular flexibility index (Phi) is 3.25. The monoisotopic (exact) mass is 219 g/mol. The Hall–Kier alpha value is -1.35. The molecule has 16 heavy (non-hydrogen) atoms. The van der Waals surface area contributed by atoms with Crippen molar-refractivity contribution < 1.29 is 9.90 Å². The van der Waals surface area contributed by atoms with Crippen LogP contribution in [0.15, 0.2) is 24.3 Å². The van der Waals surface area contributed by atoms with E-state index in [0.717, 1.165) is 24.8 Å². The van der Waals surface area contributed by atoms with E-state index in [1.807, 2.05) is 24.3 Å². The van der Waals surface area contributed by atoms with Crippen LogP contribution in [0.1, 0.15) is 36.9 Å². The van der Waals surface area contributed by atoms with Crippen LogP contribution in [-0.2, 0) is 11.2 Å². The second kappa shape index (κ2) is 4.66. The highest BCUT2D eigenvalue weighted by Crippen LogP contribution is 2.24. The summed E-state index contributed by atoms with van der Waals surface area (Å²) in [7, 11) is 0. The molecule has 1 aliphatic carbocycles. The zero-order valence-corrected chi connectivity index (χ0v) is 9.44. The van der Waals surface area contributed by atoms with Gasteiger partial charge in [0, 0.05) is 6.04 Å². The summed E-state index contributed by atoms with van der Waals surface area (Å²) in [6.45, 7) is 2.09. The van der Waals surface area contributed by atoms with Gasteiger partial charge in [-0.15, -0.1) is 0 Å². The molecular weight excluding hydrogens is 202 g/mol. The van der Waals surface area contributed by atoms with Crippen molar-refractivity contribution in [2.75, 3.05) is 0 Å². The fraction of sp³-hybridized carbons (Fsp3) is 0.462. The fourth-order valence-electron chi connectivity index (χ4n) is 1.74. The van der Waals surface area contributed by atoms with Crippen LogP contribution in [0.3, 0.4) is 0 Å². The molecular formula is C13H17NO2. The van der Waals surface area contributed by atoms with Gasteiger partial charge < -0.3 is 5.11 Å². The second-order valence-corrected chi connectivity index (χ2v) is 4.31. The van der Waals surface area contributed by atoms with Gasteiger partial charge in [-0.2, -0.15) is 0 Å². The number of carboxylic acid groups (broad SMARTS) is 1. The Morgan fingerprint density at radius 2 is 2.06 bits per heavy atom. The van der Waals surface area contributed by atoms with Gasteiger partial charge in [0.25, 0.3) is 0 Å². The van der Waals surface area contributed by atoms with Gasteiger partial charge in [0.2, 0.25) is 0 Å². The molecule has 0 bridgehead atoms. The summed E-state index contributed by atoms with van der Waals surface area (Å²) in [4.78, 5) is 11.2. The predicted molar refractivity (Wildman–Crippen MR) is 62.4 cm³/mol.